The molecule has 0 radical (unpaired) electrons. The maximum Gasteiger partial charge on any atom is 0.343 e. The average molecular weight is 566 g/mol. The van der Waals surface area contributed by atoms with Crippen LogP contribution >= 0.6 is 0 Å². The van der Waals surface area contributed by atoms with E-state index >= 15 is 0 Å². The lowest BCUT2D eigenvalue weighted by Crippen LogP contribution is -2.62. The first-order valence-electron chi connectivity index (χ1n) is 13.6. The van der Waals surface area contributed by atoms with Crippen LogP contribution < -0.4 is 9.47 Å². The number of fused-ring (bicyclic) bond motifs is 3. The maximum atomic E-state index is 14.4. The molecule has 6 rings (SSSR count). The molecular weight excluding hydrogens is 534 g/mol. The first-order chi connectivity index (χ1) is 19.6. The smallest absolute Gasteiger partial charge is 0.343 e. The molecule has 0 aromatic heterocycles. The minimum atomic E-state index is -2.49. The molecule has 3 saturated heterocycles. The molecule has 1 N–H and O–H groups in total. The van der Waals surface area contributed by atoms with Crippen molar-refractivity contribution in [3.8, 4) is 11.5 Å². The van der Waals surface area contributed by atoms with Crippen molar-refractivity contribution in [1.29, 1.82) is 0 Å². The number of Topliss-reactive ketones (excluding diaryl/α,β-unsaturated/α-hetero) is 1. The van der Waals surface area contributed by atoms with E-state index in [1.165, 1.54) is 31.9 Å². The van der Waals surface area contributed by atoms with Crippen molar-refractivity contribution in [3.05, 3.63) is 59.2 Å². The number of likely N-dealkylation sites (tertiary alicyclic amines) is 1. The normalized spacial score (nSPS) is 29.8. The van der Waals surface area contributed by atoms with Gasteiger partial charge in [0.25, 0.3) is 5.60 Å². The first-order valence-corrected chi connectivity index (χ1v) is 13.6. The van der Waals surface area contributed by atoms with Gasteiger partial charge in [0.1, 0.15) is 0 Å². The van der Waals surface area contributed by atoms with Crippen LogP contribution in [0.1, 0.15) is 53.6 Å². The molecule has 3 atom stereocenters. The molecule has 216 valence electrons. The minimum absolute atomic E-state index is 0.00454. The van der Waals surface area contributed by atoms with Crippen LogP contribution in [0.4, 0.5) is 0 Å². The molecule has 41 heavy (non-hydrogen) atoms. The number of methoxy groups -OCH3 is 2. The highest BCUT2D eigenvalue weighted by molar-refractivity contribution is 6.11. The fourth-order valence-corrected chi connectivity index (χ4v) is 6.54. The molecule has 1 aliphatic carbocycles. The number of piperidine rings is 1. The summed E-state index contributed by atoms with van der Waals surface area (Å²) in [5, 5.41) is 11.0. The molecule has 1 spiro atoms. The van der Waals surface area contributed by atoms with Crippen LogP contribution in [0.2, 0.25) is 0 Å². The fourth-order valence-electron chi connectivity index (χ4n) is 6.54. The Bertz CT molecular complexity index is 1420. The van der Waals surface area contributed by atoms with Crippen LogP contribution in [-0.2, 0) is 40.9 Å². The summed E-state index contributed by atoms with van der Waals surface area (Å²) in [6.07, 6.45) is -0.429. The highest BCUT2D eigenvalue weighted by Gasteiger charge is 2.76. The number of hydrogen-bond acceptors (Lipinski definition) is 11. The average Bonchev–Trinajstić information content (AvgIpc) is 3.06. The van der Waals surface area contributed by atoms with Gasteiger partial charge in [-0.2, -0.15) is 0 Å². The van der Waals surface area contributed by atoms with Gasteiger partial charge in [-0.05, 0) is 49.5 Å². The number of aliphatic hydroxyl groups is 1. The van der Waals surface area contributed by atoms with Crippen molar-refractivity contribution in [3.63, 3.8) is 0 Å². The van der Waals surface area contributed by atoms with Gasteiger partial charge in [-0.15, -0.1) is 0 Å². The summed E-state index contributed by atoms with van der Waals surface area (Å²) in [4.78, 5) is 56.4. The third kappa shape index (κ3) is 4.26. The van der Waals surface area contributed by atoms with Crippen LogP contribution in [0, 0.1) is 5.92 Å². The molecule has 0 amide bonds. The predicted molar refractivity (Wildman–Crippen MR) is 140 cm³/mol. The zero-order valence-corrected chi connectivity index (χ0v) is 22.8. The quantitative estimate of drug-likeness (QED) is 0.516. The van der Waals surface area contributed by atoms with Crippen LogP contribution in [-0.4, -0.2) is 72.2 Å². The van der Waals surface area contributed by atoms with Gasteiger partial charge in [-0.1, -0.05) is 30.3 Å². The van der Waals surface area contributed by atoms with Gasteiger partial charge in [-0.25, -0.2) is 4.79 Å². The SMILES string of the molecule is COc1cc2c(cc1OC)C13OC(=O)CC(O)(CC(=O)OC1(CC1CCN(Cc4ccccc4)CC1)C2=O)C(=O)O3. The number of ketones is 1. The van der Waals surface area contributed by atoms with Gasteiger partial charge in [0, 0.05) is 18.5 Å². The Morgan fingerprint density at radius 2 is 1.54 bits per heavy atom. The Labute approximate surface area is 236 Å². The molecule has 2 aromatic carbocycles. The van der Waals surface area contributed by atoms with E-state index in [2.05, 4.69) is 17.0 Å². The monoisotopic (exact) mass is 565 g/mol. The van der Waals surface area contributed by atoms with Gasteiger partial charge in [0.2, 0.25) is 5.78 Å². The number of carbonyl (C=O) groups excluding carboxylic acids is 4. The van der Waals surface area contributed by atoms with Gasteiger partial charge in [0.15, 0.2) is 17.1 Å². The van der Waals surface area contributed by atoms with Crippen LogP contribution in [0.3, 0.4) is 0 Å². The van der Waals surface area contributed by atoms with Crippen LogP contribution in [0.25, 0.3) is 0 Å². The van der Waals surface area contributed by atoms with Crippen LogP contribution in [0.15, 0.2) is 42.5 Å². The third-order valence-corrected chi connectivity index (χ3v) is 8.59. The zero-order chi connectivity index (χ0) is 29.0. The number of esters is 3. The van der Waals surface area contributed by atoms with Crippen molar-refractivity contribution in [1.82, 2.24) is 4.90 Å². The molecule has 0 saturated carbocycles. The first kappa shape index (κ1) is 27.2. The summed E-state index contributed by atoms with van der Waals surface area (Å²) in [5.74, 6) is -6.13. The summed E-state index contributed by atoms with van der Waals surface area (Å²) in [6.45, 7) is 2.22. The molecule has 11 nitrogen and oxygen atoms in total. The Balaban J connectivity index is 1.41. The van der Waals surface area contributed by atoms with E-state index in [0.29, 0.717) is 12.8 Å². The maximum absolute atomic E-state index is 14.4. The summed E-state index contributed by atoms with van der Waals surface area (Å²) in [6, 6.07) is 12.9. The van der Waals surface area contributed by atoms with E-state index in [4.69, 9.17) is 23.7 Å². The number of benzene rings is 2. The van der Waals surface area contributed by atoms with Crippen molar-refractivity contribution in [2.24, 2.45) is 5.92 Å². The summed E-state index contributed by atoms with van der Waals surface area (Å²) >= 11 is 0. The molecule has 2 aromatic rings. The van der Waals surface area contributed by atoms with Crippen molar-refractivity contribution >= 4 is 23.7 Å². The van der Waals surface area contributed by atoms with E-state index in [-0.39, 0.29) is 35.0 Å². The number of nitrogens with zero attached hydrogens (tertiary/aromatic N) is 1. The van der Waals surface area contributed by atoms with E-state index in [0.717, 1.165) is 19.6 Å². The highest BCUT2D eigenvalue weighted by Crippen LogP contribution is 2.58. The highest BCUT2D eigenvalue weighted by atomic mass is 16.8. The lowest BCUT2D eigenvalue weighted by molar-refractivity contribution is -0.294. The zero-order valence-electron chi connectivity index (χ0n) is 22.8. The summed E-state index contributed by atoms with van der Waals surface area (Å²) < 4.78 is 28.4. The lowest BCUT2D eigenvalue weighted by Gasteiger charge is -2.45. The van der Waals surface area contributed by atoms with Gasteiger partial charge >= 0.3 is 23.7 Å². The molecule has 4 aliphatic rings. The Morgan fingerprint density at radius 3 is 2.20 bits per heavy atom. The summed E-state index contributed by atoms with van der Waals surface area (Å²) in [7, 11) is 2.78. The van der Waals surface area contributed by atoms with Gasteiger partial charge in [0.05, 0.1) is 32.6 Å². The number of hydrogen-bond donors (Lipinski definition) is 1. The minimum Gasteiger partial charge on any atom is -0.493 e. The van der Waals surface area contributed by atoms with Crippen molar-refractivity contribution in [2.45, 2.75) is 55.6 Å². The second kappa shape index (κ2) is 9.85. The van der Waals surface area contributed by atoms with Gasteiger partial charge < -0.3 is 28.8 Å². The Hall–Kier alpha value is -3.96. The van der Waals surface area contributed by atoms with E-state index in [1.807, 2.05) is 18.2 Å². The third-order valence-electron chi connectivity index (χ3n) is 8.59. The fraction of sp³-hybridized carbons (Fsp3) is 0.467. The topological polar surface area (TPSA) is 138 Å². The lowest BCUT2D eigenvalue weighted by atomic mass is 9.78. The number of ether oxygens (including phenoxy) is 5. The molecule has 3 aliphatic heterocycles. The van der Waals surface area contributed by atoms with E-state index in [1.54, 1.807) is 0 Å². The number of rotatable bonds is 6. The molecule has 2 bridgehead atoms. The molecule has 3 heterocycles. The van der Waals surface area contributed by atoms with Crippen LogP contribution in [0.5, 0.6) is 11.5 Å². The summed E-state index contributed by atoms with van der Waals surface area (Å²) in [5.41, 5.74) is -3.51. The number of carbonyl (C=O) groups is 4. The second-order valence-electron chi connectivity index (χ2n) is 11.2. The van der Waals surface area contributed by atoms with Crippen molar-refractivity contribution in [2.75, 3.05) is 27.3 Å². The Kier molecular flexibility index (Phi) is 6.54. The van der Waals surface area contributed by atoms with Crippen molar-refractivity contribution < 1.29 is 48.0 Å². The van der Waals surface area contributed by atoms with Gasteiger partial charge in [-0.3, -0.25) is 19.3 Å². The molecule has 11 heteroatoms. The second-order valence-corrected chi connectivity index (χ2v) is 11.2. The Morgan fingerprint density at radius 1 is 0.902 bits per heavy atom. The largest absolute Gasteiger partial charge is 0.493 e. The predicted octanol–water partition coefficient (Wildman–Crippen LogP) is 2.26. The molecular formula is C30H31NO10. The standard InChI is InChI=1S/C30H31NO10/c1-37-22-12-20-21(13-23(22)38-2)30-29(26(20)34,39-24(32)15-28(36,27(35)41-30)16-25(33)40-30)14-18-8-10-31(11-9-18)17-19-6-4-3-5-7-19/h3-7,12-13,18,36H,8-11,14-17H2,1-2H3. The molecule has 3 fully saturated rings. The van der Waals surface area contributed by atoms with E-state index in [9.17, 15) is 24.3 Å². The van der Waals surface area contributed by atoms with E-state index < -0.39 is 53.5 Å². The molecule has 3 unspecified atom stereocenters.